The zero-order valence-corrected chi connectivity index (χ0v) is 14.6. The maximum Gasteiger partial charge on any atom is 0.269 e. The van der Waals surface area contributed by atoms with Crippen molar-refractivity contribution in [2.24, 2.45) is 10.9 Å². The van der Waals surface area contributed by atoms with E-state index in [1.807, 2.05) is 6.92 Å². The molecule has 1 aliphatic rings. The van der Waals surface area contributed by atoms with Gasteiger partial charge in [-0.25, -0.2) is 4.99 Å². The second-order valence-electron chi connectivity index (χ2n) is 6.76. The fraction of sp³-hybridized carbons (Fsp3) is 0.562. The molecule has 0 N–H and O–H groups in total. The van der Waals surface area contributed by atoms with E-state index in [-0.39, 0.29) is 15.4 Å². The van der Waals surface area contributed by atoms with Crippen LogP contribution >= 0.6 is 11.8 Å². The van der Waals surface area contributed by atoms with Gasteiger partial charge in [0, 0.05) is 30.0 Å². The molecule has 5 nitrogen and oxygen atoms in total. The largest absolute Gasteiger partial charge is 0.350 e. The Kier molecular flexibility index (Phi) is 4.80. The number of nitro benzene ring substituents is 1. The predicted molar refractivity (Wildman–Crippen MR) is 93.0 cm³/mol. The van der Waals surface area contributed by atoms with E-state index in [9.17, 15) is 10.1 Å². The van der Waals surface area contributed by atoms with E-state index in [0.29, 0.717) is 5.92 Å². The SMILES string of the molecule is Cc1cc([N+](=O)[O-])ccc1/N=C1\SC(C)(C)CN1CC(C)C. The molecule has 0 saturated carbocycles. The van der Waals surface area contributed by atoms with Crippen LogP contribution in [-0.4, -0.2) is 32.8 Å². The number of nitrogens with zero attached hydrogens (tertiary/aromatic N) is 3. The number of nitro groups is 1. The summed E-state index contributed by atoms with van der Waals surface area (Å²) in [6.45, 7) is 12.6. The van der Waals surface area contributed by atoms with Crippen LogP contribution in [-0.2, 0) is 0 Å². The Morgan fingerprint density at radius 1 is 1.45 bits per heavy atom. The fourth-order valence-electron chi connectivity index (χ4n) is 2.53. The van der Waals surface area contributed by atoms with E-state index < -0.39 is 0 Å². The van der Waals surface area contributed by atoms with E-state index in [1.54, 1.807) is 23.9 Å². The molecule has 1 saturated heterocycles. The maximum absolute atomic E-state index is 10.8. The van der Waals surface area contributed by atoms with Gasteiger partial charge in [-0.15, -0.1) is 0 Å². The molecule has 0 atom stereocenters. The Balaban J connectivity index is 2.32. The Bertz CT molecular complexity index is 611. The predicted octanol–water partition coefficient (Wildman–Crippen LogP) is 4.37. The Morgan fingerprint density at radius 2 is 2.14 bits per heavy atom. The standard InChI is InChI=1S/C16H23N3O2S/c1-11(2)9-18-10-16(4,5)22-15(18)17-14-7-6-13(19(20)21)8-12(14)3/h6-8,11H,9-10H2,1-5H3/b17-15-. The highest BCUT2D eigenvalue weighted by molar-refractivity contribution is 8.15. The normalized spacial score (nSPS) is 19.2. The molecule has 1 aliphatic heterocycles. The summed E-state index contributed by atoms with van der Waals surface area (Å²) in [6.07, 6.45) is 0. The molecule has 0 bridgehead atoms. The quantitative estimate of drug-likeness (QED) is 0.610. The summed E-state index contributed by atoms with van der Waals surface area (Å²) in [6, 6.07) is 4.83. The lowest BCUT2D eigenvalue weighted by atomic mass is 10.1. The van der Waals surface area contributed by atoms with Crippen molar-refractivity contribution in [3.05, 3.63) is 33.9 Å². The Hall–Kier alpha value is -1.56. The van der Waals surface area contributed by atoms with Crippen LogP contribution in [0.3, 0.4) is 0 Å². The van der Waals surface area contributed by atoms with Gasteiger partial charge in [0.25, 0.3) is 5.69 Å². The molecule has 120 valence electrons. The van der Waals surface area contributed by atoms with Crippen molar-refractivity contribution in [2.75, 3.05) is 13.1 Å². The van der Waals surface area contributed by atoms with E-state index in [2.05, 4.69) is 32.6 Å². The van der Waals surface area contributed by atoms with E-state index in [4.69, 9.17) is 4.99 Å². The van der Waals surface area contributed by atoms with Crippen LogP contribution in [0.15, 0.2) is 23.2 Å². The zero-order valence-electron chi connectivity index (χ0n) is 13.8. The molecule has 22 heavy (non-hydrogen) atoms. The van der Waals surface area contributed by atoms with Gasteiger partial charge >= 0.3 is 0 Å². The van der Waals surface area contributed by atoms with Gasteiger partial charge in [-0.05, 0) is 38.3 Å². The van der Waals surface area contributed by atoms with Crippen LogP contribution in [0, 0.1) is 23.0 Å². The molecule has 1 aromatic carbocycles. The minimum Gasteiger partial charge on any atom is -0.350 e. The van der Waals surface area contributed by atoms with Gasteiger partial charge in [-0.3, -0.25) is 10.1 Å². The van der Waals surface area contributed by atoms with Gasteiger partial charge in [0.2, 0.25) is 0 Å². The lowest BCUT2D eigenvalue weighted by Crippen LogP contribution is -2.31. The molecule has 1 fully saturated rings. The third kappa shape index (κ3) is 4.00. The molecule has 6 heteroatoms. The molecule has 0 aliphatic carbocycles. The van der Waals surface area contributed by atoms with Crippen molar-refractivity contribution in [1.82, 2.24) is 4.90 Å². The summed E-state index contributed by atoms with van der Waals surface area (Å²) in [5.41, 5.74) is 1.75. The number of thioether (sulfide) groups is 1. The summed E-state index contributed by atoms with van der Waals surface area (Å²) >= 11 is 1.77. The number of hydrogen-bond donors (Lipinski definition) is 0. The first kappa shape index (κ1) is 16.8. The number of benzene rings is 1. The van der Waals surface area contributed by atoms with Gasteiger partial charge in [0.05, 0.1) is 10.6 Å². The monoisotopic (exact) mass is 321 g/mol. The van der Waals surface area contributed by atoms with Crippen molar-refractivity contribution in [3.8, 4) is 0 Å². The fourth-order valence-corrected chi connectivity index (χ4v) is 3.66. The van der Waals surface area contributed by atoms with Crippen LogP contribution in [0.1, 0.15) is 33.3 Å². The molecular weight excluding hydrogens is 298 g/mol. The summed E-state index contributed by atoms with van der Waals surface area (Å²) in [4.78, 5) is 17.5. The van der Waals surface area contributed by atoms with E-state index >= 15 is 0 Å². The summed E-state index contributed by atoms with van der Waals surface area (Å²) < 4.78 is 0.141. The summed E-state index contributed by atoms with van der Waals surface area (Å²) in [5, 5.41) is 11.8. The minimum absolute atomic E-state index is 0.111. The van der Waals surface area contributed by atoms with Crippen molar-refractivity contribution < 1.29 is 4.92 Å². The lowest BCUT2D eigenvalue weighted by molar-refractivity contribution is -0.384. The molecule has 0 spiro atoms. The number of rotatable bonds is 4. The minimum atomic E-state index is -0.373. The Labute approximate surface area is 136 Å². The van der Waals surface area contributed by atoms with Crippen LogP contribution in [0.25, 0.3) is 0 Å². The highest BCUT2D eigenvalue weighted by Gasteiger charge is 2.35. The molecule has 0 amide bonds. The van der Waals surface area contributed by atoms with Crippen LogP contribution in [0.5, 0.6) is 0 Å². The summed E-state index contributed by atoms with van der Waals surface area (Å²) in [5.74, 6) is 0.567. The highest BCUT2D eigenvalue weighted by atomic mass is 32.2. The van der Waals surface area contributed by atoms with E-state index in [0.717, 1.165) is 29.5 Å². The maximum atomic E-state index is 10.8. The molecule has 0 radical (unpaired) electrons. The first-order valence-electron chi connectivity index (χ1n) is 7.45. The van der Waals surface area contributed by atoms with Crippen LogP contribution < -0.4 is 0 Å². The van der Waals surface area contributed by atoms with Crippen LogP contribution in [0.2, 0.25) is 0 Å². The molecule has 1 heterocycles. The zero-order chi connectivity index (χ0) is 16.5. The number of non-ortho nitro benzene ring substituents is 1. The van der Waals surface area contributed by atoms with Gasteiger partial charge in [0.1, 0.15) is 0 Å². The second kappa shape index (κ2) is 6.28. The average Bonchev–Trinajstić information content (AvgIpc) is 2.65. The number of hydrogen-bond acceptors (Lipinski definition) is 4. The molecule has 1 aromatic rings. The smallest absolute Gasteiger partial charge is 0.269 e. The molecule has 0 aromatic heterocycles. The Morgan fingerprint density at radius 3 is 2.68 bits per heavy atom. The molecule has 2 rings (SSSR count). The average molecular weight is 321 g/mol. The van der Waals surface area contributed by atoms with Gasteiger partial charge in [-0.2, -0.15) is 0 Å². The number of aryl methyl sites for hydroxylation is 1. The number of aliphatic imine (C=N–C) groups is 1. The van der Waals surface area contributed by atoms with Crippen molar-refractivity contribution >= 4 is 28.3 Å². The summed E-state index contributed by atoms with van der Waals surface area (Å²) in [7, 11) is 0. The van der Waals surface area contributed by atoms with Crippen molar-refractivity contribution in [3.63, 3.8) is 0 Å². The lowest BCUT2D eigenvalue weighted by Gasteiger charge is -2.21. The highest BCUT2D eigenvalue weighted by Crippen LogP contribution is 2.37. The van der Waals surface area contributed by atoms with Crippen molar-refractivity contribution in [1.29, 1.82) is 0 Å². The van der Waals surface area contributed by atoms with E-state index in [1.165, 1.54) is 6.07 Å². The van der Waals surface area contributed by atoms with Gasteiger partial charge < -0.3 is 4.90 Å². The first-order chi connectivity index (χ1) is 10.2. The topological polar surface area (TPSA) is 58.7 Å². The molecule has 0 unspecified atom stereocenters. The third-order valence-corrected chi connectivity index (χ3v) is 4.62. The number of amidine groups is 1. The first-order valence-corrected chi connectivity index (χ1v) is 8.27. The molecular formula is C16H23N3O2S. The third-order valence-electron chi connectivity index (χ3n) is 3.40. The van der Waals surface area contributed by atoms with Crippen molar-refractivity contribution in [2.45, 2.75) is 39.4 Å². The van der Waals surface area contributed by atoms with Gasteiger partial charge in [-0.1, -0.05) is 25.6 Å². The van der Waals surface area contributed by atoms with Gasteiger partial charge in [0.15, 0.2) is 5.17 Å². The van der Waals surface area contributed by atoms with Crippen LogP contribution in [0.4, 0.5) is 11.4 Å². The second-order valence-corrected chi connectivity index (χ2v) is 8.43.